The minimum Gasteiger partial charge on any atom is -0.493 e. The molecule has 9 nitrogen and oxygen atoms in total. The maximum atomic E-state index is 14.0. The van der Waals surface area contributed by atoms with E-state index < -0.39 is 29.1 Å². The fourth-order valence-electron chi connectivity index (χ4n) is 4.64. The van der Waals surface area contributed by atoms with Crippen LogP contribution in [0.2, 0.25) is 0 Å². The van der Waals surface area contributed by atoms with Gasteiger partial charge in [-0.05, 0) is 32.4 Å². The first-order chi connectivity index (χ1) is 16.6. The number of carbonyl (C=O) groups is 3. The fourth-order valence-corrected chi connectivity index (χ4v) is 4.64. The maximum Gasteiger partial charge on any atom is 0.322 e. The van der Waals surface area contributed by atoms with Gasteiger partial charge in [-0.3, -0.25) is 19.9 Å². The number of anilines is 1. The van der Waals surface area contributed by atoms with Crippen LogP contribution in [0.15, 0.2) is 30.3 Å². The highest BCUT2D eigenvalue weighted by Crippen LogP contribution is 2.31. The lowest BCUT2D eigenvalue weighted by atomic mass is 9.88. The molecule has 2 N–H and O–H groups in total. The predicted molar refractivity (Wildman–Crippen MR) is 123 cm³/mol. The monoisotopic (exact) mass is 487 g/mol. The highest BCUT2D eigenvalue weighted by molar-refractivity contribution is 6.07. The minimum atomic E-state index is -1.42. The van der Waals surface area contributed by atoms with E-state index in [1.165, 1.54) is 13.2 Å². The first-order valence-corrected chi connectivity index (χ1v) is 11.3. The molecule has 35 heavy (non-hydrogen) atoms. The summed E-state index contributed by atoms with van der Waals surface area (Å²) in [6, 6.07) is 6.92. The van der Waals surface area contributed by atoms with Gasteiger partial charge in [0.15, 0.2) is 17.1 Å². The molecule has 2 aromatic rings. The van der Waals surface area contributed by atoms with Gasteiger partial charge in [0.1, 0.15) is 0 Å². The third-order valence-electron chi connectivity index (χ3n) is 6.49. The molecule has 3 heterocycles. The molecule has 0 radical (unpaired) electrons. The molecule has 0 unspecified atom stereocenters. The number of amides is 4. The molecule has 1 aromatic carbocycles. The molecule has 2 atom stereocenters. The van der Waals surface area contributed by atoms with Gasteiger partial charge in [0, 0.05) is 55.6 Å². The summed E-state index contributed by atoms with van der Waals surface area (Å²) in [6.45, 7) is 4.78. The van der Waals surface area contributed by atoms with Gasteiger partial charge in [0.2, 0.25) is 11.7 Å². The smallest absolute Gasteiger partial charge is 0.322 e. The summed E-state index contributed by atoms with van der Waals surface area (Å²) in [5.74, 6) is -2.95. The first-order valence-electron chi connectivity index (χ1n) is 11.3. The van der Waals surface area contributed by atoms with Crippen LogP contribution in [0.3, 0.4) is 0 Å². The number of nitrogens with one attached hydrogen (secondary N) is 2. The third-order valence-corrected chi connectivity index (χ3v) is 6.49. The number of urea groups is 1. The molecule has 1 aromatic heterocycles. The van der Waals surface area contributed by atoms with Gasteiger partial charge in [0.05, 0.1) is 12.8 Å². The van der Waals surface area contributed by atoms with E-state index in [1.54, 1.807) is 30.0 Å². The SMILES string of the molecule is COc1cc(N2CCN(C(=O)CC[C@]3(c4cccc(C)n4)NC(=O)NC3=O)C[C@@H]2C)cc(F)c1F. The standard InChI is InChI=1S/C24H27F2N5O4/c1-14-5-4-6-19(27-14)24(22(33)28-23(34)29-24)8-7-20(32)30-9-10-31(15(2)13-30)16-11-17(25)21(26)18(12-16)35-3/h4-6,11-12,15H,7-10,13H2,1-3H3,(H2,28,29,33,34)/t15-,24+/m0/s1. The number of imide groups is 1. The summed E-state index contributed by atoms with van der Waals surface area (Å²) in [7, 11) is 1.27. The Balaban J connectivity index is 1.45. The second-order valence-corrected chi connectivity index (χ2v) is 8.80. The van der Waals surface area contributed by atoms with Crippen LogP contribution in [-0.2, 0) is 15.1 Å². The molecule has 11 heteroatoms. The van der Waals surface area contributed by atoms with Crippen LogP contribution in [0.5, 0.6) is 5.75 Å². The average Bonchev–Trinajstić information content (AvgIpc) is 3.12. The molecule has 2 aliphatic heterocycles. The quantitative estimate of drug-likeness (QED) is 0.606. The van der Waals surface area contributed by atoms with Gasteiger partial charge in [-0.2, -0.15) is 4.39 Å². The molecule has 0 saturated carbocycles. The number of carbonyl (C=O) groups excluding carboxylic acids is 3. The number of hydrogen-bond acceptors (Lipinski definition) is 6. The van der Waals surface area contributed by atoms with Crippen molar-refractivity contribution in [1.29, 1.82) is 0 Å². The summed E-state index contributed by atoms with van der Waals surface area (Å²) < 4.78 is 32.8. The van der Waals surface area contributed by atoms with Gasteiger partial charge < -0.3 is 19.9 Å². The Labute approximate surface area is 201 Å². The van der Waals surface area contributed by atoms with E-state index in [0.29, 0.717) is 36.7 Å². The third kappa shape index (κ3) is 4.62. The number of halogens is 2. The Morgan fingerprint density at radius 1 is 1.26 bits per heavy atom. The lowest BCUT2D eigenvalue weighted by Gasteiger charge is -2.41. The number of aryl methyl sites for hydroxylation is 1. The normalized spacial score (nSPS) is 22.1. The zero-order valence-corrected chi connectivity index (χ0v) is 19.7. The van der Waals surface area contributed by atoms with E-state index in [2.05, 4.69) is 15.6 Å². The number of aromatic nitrogens is 1. The molecule has 186 valence electrons. The van der Waals surface area contributed by atoms with Crippen LogP contribution < -0.4 is 20.3 Å². The Morgan fingerprint density at radius 3 is 2.66 bits per heavy atom. The van der Waals surface area contributed by atoms with E-state index in [9.17, 15) is 23.2 Å². The number of methoxy groups -OCH3 is 1. The van der Waals surface area contributed by atoms with Gasteiger partial charge in [-0.15, -0.1) is 0 Å². The Hall–Kier alpha value is -3.76. The number of nitrogens with zero attached hydrogens (tertiary/aromatic N) is 3. The fraction of sp³-hybridized carbons (Fsp3) is 0.417. The average molecular weight is 488 g/mol. The van der Waals surface area contributed by atoms with Crippen molar-refractivity contribution in [2.45, 2.75) is 38.3 Å². The van der Waals surface area contributed by atoms with E-state index in [4.69, 9.17) is 4.74 Å². The maximum absolute atomic E-state index is 14.0. The van der Waals surface area contributed by atoms with E-state index >= 15 is 0 Å². The highest BCUT2D eigenvalue weighted by Gasteiger charge is 2.49. The second-order valence-electron chi connectivity index (χ2n) is 8.80. The van der Waals surface area contributed by atoms with Crippen molar-refractivity contribution in [2.75, 3.05) is 31.6 Å². The largest absolute Gasteiger partial charge is 0.493 e. The molecule has 0 spiro atoms. The highest BCUT2D eigenvalue weighted by atomic mass is 19.2. The molecular formula is C24H27F2N5O4. The van der Waals surface area contributed by atoms with Crippen LogP contribution >= 0.6 is 0 Å². The number of pyridine rings is 1. The molecule has 0 aliphatic carbocycles. The van der Waals surface area contributed by atoms with Crippen LogP contribution in [0, 0.1) is 18.6 Å². The molecule has 4 rings (SSSR count). The predicted octanol–water partition coefficient (Wildman–Crippen LogP) is 2.23. The van der Waals surface area contributed by atoms with Crippen LogP contribution in [0.4, 0.5) is 19.3 Å². The first kappa shape index (κ1) is 24.4. The Kier molecular flexibility index (Phi) is 6.60. The Bertz CT molecular complexity index is 1180. The summed E-state index contributed by atoms with van der Waals surface area (Å²) in [5, 5.41) is 4.91. The van der Waals surface area contributed by atoms with Crippen molar-refractivity contribution in [3.63, 3.8) is 0 Å². The van der Waals surface area contributed by atoms with E-state index in [0.717, 1.165) is 6.07 Å². The summed E-state index contributed by atoms with van der Waals surface area (Å²) in [6.07, 6.45) is 0.0594. The molecule has 0 bridgehead atoms. The van der Waals surface area contributed by atoms with Crippen molar-refractivity contribution in [1.82, 2.24) is 20.5 Å². The van der Waals surface area contributed by atoms with Gasteiger partial charge in [0.25, 0.3) is 5.91 Å². The molecule has 2 fully saturated rings. The van der Waals surface area contributed by atoms with E-state index in [-0.39, 0.29) is 30.5 Å². The molecular weight excluding hydrogens is 460 g/mol. The number of benzene rings is 1. The molecule has 4 amide bonds. The van der Waals surface area contributed by atoms with E-state index in [1.807, 2.05) is 11.8 Å². The minimum absolute atomic E-state index is 0.00897. The number of ether oxygens (including phenoxy) is 1. The number of piperazine rings is 1. The topological polar surface area (TPSA) is 104 Å². The molecule has 2 saturated heterocycles. The summed E-state index contributed by atoms with van der Waals surface area (Å²) in [5.41, 5.74) is 0.101. The zero-order chi connectivity index (χ0) is 25.3. The summed E-state index contributed by atoms with van der Waals surface area (Å²) in [4.78, 5) is 45.7. The number of hydrogen-bond donors (Lipinski definition) is 2. The van der Waals surface area contributed by atoms with Gasteiger partial charge in [-0.1, -0.05) is 6.07 Å². The van der Waals surface area contributed by atoms with Gasteiger partial charge in [-0.25, -0.2) is 9.18 Å². The van der Waals surface area contributed by atoms with Crippen molar-refractivity contribution in [3.8, 4) is 5.75 Å². The Morgan fingerprint density at radius 2 is 2.03 bits per heavy atom. The second kappa shape index (κ2) is 9.47. The lowest BCUT2D eigenvalue weighted by Crippen LogP contribution is -2.54. The van der Waals surface area contributed by atoms with Gasteiger partial charge >= 0.3 is 6.03 Å². The zero-order valence-electron chi connectivity index (χ0n) is 19.7. The van der Waals surface area contributed by atoms with Crippen molar-refractivity contribution in [2.24, 2.45) is 0 Å². The lowest BCUT2D eigenvalue weighted by molar-refractivity contribution is -0.133. The van der Waals surface area contributed by atoms with Crippen LogP contribution in [0.1, 0.15) is 31.2 Å². The molecule has 2 aliphatic rings. The van der Waals surface area contributed by atoms with Crippen LogP contribution in [-0.4, -0.2) is 60.5 Å². The summed E-state index contributed by atoms with van der Waals surface area (Å²) >= 11 is 0. The van der Waals surface area contributed by atoms with Crippen molar-refractivity contribution < 1.29 is 27.9 Å². The number of rotatable bonds is 6. The van der Waals surface area contributed by atoms with Crippen LogP contribution in [0.25, 0.3) is 0 Å². The van der Waals surface area contributed by atoms with Crippen molar-refractivity contribution in [3.05, 3.63) is 53.4 Å². The van der Waals surface area contributed by atoms with Crippen molar-refractivity contribution >= 4 is 23.5 Å².